The molecule has 0 amide bonds. The number of benzene rings is 1. The smallest absolute Gasteiger partial charge is 0.0698 e. The minimum Gasteiger partial charge on any atom is -0.380 e. The number of ether oxygens (including phenoxy) is 1. The second kappa shape index (κ2) is 7.04. The van der Waals surface area contributed by atoms with Crippen molar-refractivity contribution in [1.29, 1.82) is 0 Å². The standard InChI is InChI=1S/C16H26N2O/c1-13-5-3-6-14(11-13)16(17)8-10-18-9-4-7-15(12-18)19-2/h3,5-6,11,15-16H,4,7-10,12,17H2,1-2H3. The molecule has 2 N–H and O–H groups in total. The molecule has 1 aliphatic rings. The molecule has 1 aliphatic heterocycles. The molecule has 1 aromatic rings. The van der Waals surface area contributed by atoms with Gasteiger partial charge in [-0.3, -0.25) is 0 Å². The maximum Gasteiger partial charge on any atom is 0.0698 e. The highest BCUT2D eigenvalue weighted by Gasteiger charge is 2.19. The number of likely N-dealkylation sites (tertiary alicyclic amines) is 1. The van der Waals surface area contributed by atoms with Crippen molar-refractivity contribution in [3.05, 3.63) is 35.4 Å². The van der Waals surface area contributed by atoms with Gasteiger partial charge in [0.25, 0.3) is 0 Å². The topological polar surface area (TPSA) is 38.5 Å². The van der Waals surface area contributed by atoms with Crippen molar-refractivity contribution < 1.29 is 4.74 Å². The largest absolute Gasteiger partial charge is 0.380 e. The van der Waals surface area contributed by atoms with Crippen LogP contribution in [0.15, 0.2) is 24.3 Å². The Kier molecular flexibility index (Phi) is 5.37. The van der Waals surface area contributed by atoms with Crippen LogP contribution in [0.1, 0.15) is 36.4 Å². The molecule has 1 fully saturated rings. The van der Waals surface area contributed by atoms with Gasteiger partial charge in [-0.2, -0.15) is 0 Å². The first-order valence-electron chi connectivity index (χ1n) is 7.26. The molecule has 1 saturated heterocycles. The highest BCUT2D eigenvalue weighted by molar-refractivity contribution is 5.24. The summed E-state index contributed by atoms with van der Waals surface area (Å²) in [6.45, 7) is 5.41. The fourth-order valence-corrected chi connectivity index (χ4v) is 2.80. The second-order valence-electron chi connectivity index (χ2n) is 5.61. The first-order chi connectivity index (χ1) is 9.19. The predicted molar refractivity (Wildman–Crippen MR) is 79.2 cm³/mol. The Morgan fingerprint density at radius 3 is 3.05 bits per heavy atom. The summed E-state index contributed by atoms with van der Waals surface area (Å²) >= 11 is 0. The number of rotatable bonds is 5. The van der Waals surface area contributed by atoms with Gasteiger partial charge in [0.05, 0.1) is 6.10 Å². The Hall–Kier alpha value is -0.900. The number of hydrogen-bond acceptors (Lipinski definition) is 3. The minimum absolute atomic E-state index is 0.142. The van der Waals surface area contributed by atoms with Gasteiger partial charge in [-0.25, -0.2) is 0 Å². The maximum absolute atomic E-state index is 6.29. The van der Waals surface area contributed by atoms with E-state index < -0.39 is 0 Å². The van der Waals surface area contributed by atoms with Gasteiger partial charge in [-0.15, -0.1) is 0 Å². The van der Waals surface area contributed by atoms with E-state index in [2.05, 4.69) is 36.1 Å². The van der Waals surface area contributed by atoms with Gasteiger partial charge in [-0.1, -0.05) is 29.8 Å². The van der Waals surface area contributed by atoms with Crippen LogP contribution in [-0.2, 0) is 4.74 Å². The lowest BCUT2D eigenvalue weighted by molar-refractivity contribution is 0.0305. The van der Waals surface area contributed by atoms with E-state index in [0.29, 0.717) is 6.10 Å². The minimum atomic E-state index is 0.142. The van der Waals surface area contributed by atoms with Crippen molar-refractivity contribution in [3.63, 3.8) is 0 Å². The van der Waals surface area contributed by atoms with E-state index in [9.17, 15) is 0 Å². The SMILES string of the molecule is COC1CCCN(CCC(N)c2cccc(C)c2)C1. The lowest BCUT2D eigenvalue weighted by Crippen LogP contribution is -2.40. The molecule has 3 nitrogen and oxygen atoms in total. The van der Waals surface area contributed by atoms with E-state index in [0.717, 1.165) is 19.5 Å². The van der Waals surface area contributed by atoms with Gasteiger partial charge in [0, 0.05) is 26.2 Å². The Balaban J connectivity index is 1.81. The van der Waals surface area contributed by atoms with Crippen molar-refractivity contribution in [2.45, 2.75) is 38.3 Å². The third-order valence-electron chi connectivity index (χ3n) is 4.02. The van der Waals surface area contributed by atoms with Crippen molar-refractivity contribution in [2.75, 3.05) is 26.7 Å². The van der Waals surface area contributed by atoms with E-state index in [4.69, 9.17) is 10.5 Å². The summed E-state index contributed by atoms with van der Waals surface area (Å²) in [6.07, 6.45) is 3.85. The third kappa shape index (κ3) is 4.30. The van der Waals surface area contributed by atoms with Crippen LogP contribution in [0.5, 0.6) is 0 Å². The first-order valence-corrected chi connectivity index (χ1v) is 7.26. The number of piperidine rings is 1. The number of nitrogens with zero attached hydrogens (tertiary/aromatic N) is 1. The van der Waals surface area contributed by atoms with Gasteiger partial charge in [0.15, 0.2) is 0 Å². The summed E-state index contributed by atoms with van der Waals surface area (Å²) in [5.41, 5.74) is 8.82. The van der Waals surface area contributed by atoms with E-state index in [1.54, 1.807) is 0 Å². The van der Waals surface area contributed by atoms with Crippen molar-refractivity contribution >= 4 is 0 Å². The summed E-state index contributed by atoms with van der Waals surface area (Å²) in [5, 5.41) is 0. The number of aryl methyl sites for hydroxylation is 1. The molecule has 0 saturated carbocycles. The van der Waals surface area contributed by atoms with Gasteiger partial charge in [0.2, 0.25) is 0 Å². The van der Waals surface area contributed by atoms with Crippen LogP contribution < -0.4 is 5.73 Å². The Bertz CT molecular complexity index is 394. The van der Waals surface area contributed by atoms with Gasteiger partial charge in [-0.05, 0) is 38.3 Å². The zero-order valence-corrected chi connectivity index (χ0v) is 12.1. The Morgan fingerprint density at radius 1 is 1.47 bits per heavy atom. The quantitative estimate of drug-likeness (QED) is 0.886. The average molecular weight is 262 g/mol. The summed E-state index contributed by atoms with van der Waals surface area (Å²) in [7, 11) is 1.81. The van der Waals surface area contributed by atoms with E-state index >= 15 is 0 Å². The molecule has 2 rings (SSSR count). The molecule has 0 spiro atoms. The molecule has 0 radical (unpaired) electrons. The van der Waals surface area contributed by atoms with E-state index in [1.807, 2.05) is 7.11 Å². The maximum atomic E-state index is 6.29. The molecule has 0 aliphatic carbocycles. The molecular formula is C16H26N2O. The first kappa shape index (κ1) is 14.5. The number of nitrogens with two attached hydrogens (primary N) is 1. The van der Waals surface area contributed by atoms with Crippen LogP contribution >= 0.6 is 0 Å². The average Bonchev–Trinajstić information content (AvgIpc) is 2.45. The lowest BCUT2D eigenvalue weighted by Gasteiger charge is -2.32. The molecular weight excluding hydrogens is 236 g/mol. The Morgan fingerprint density at radius 2 is 2.32 bits per heavy atom. The zero-order valence-electron chi connectivity index (χ0n) is 12.1. The number of hydrogen-bond donors (Lipinski definition) is 1. The monoisotopic (exact) mass is 262 g/mol. The van der Waals surface area contributed by atoms with Gasteiger partial charge in [0.1, 0.15) is 0 Å². The molecule has 2 atom stereocenters. The van der Waals surface area contributed by atoms with Crippen LogP contribution in [-0.4, -0.2) is 37.7 Å². The van der Waals surface area contributed by atoms with E-state index in [1.165, 1.54) is 30.5 Å². The zero-order chi connectivity index (χ0) is 13.7. The molecule has 2 unspecified atom stereocenters. The van der Waals surface area contributed by atoms with Crippen LogP contribution in [0.25, 0.3) is 0 Å². The normalized spacial score (nSPS) is 22.4. The van der Waals surface area contributed by atoms with Crippen molar-refractivity contribution in [1.82, 2.24) is 4.90 Å². The molecule has 106 valence electrons. The van der Waals surface area contributed by atoms with Gasteiger partial charge < -0.3 is 15.4 Å². The van der Waals surface area contributed by atoms with Crippen molar-refractivity contribution in [2.24, 2.45) is 5.73 Å². The third-order valence-corrected chi connectivity index (χ3v) is 4.02. The van der Waals surface area contributed by atoms with E-state index in [-0.39, 0.29) is 6.04 Å². The summed E-state index contributed by atoms with van der Waals surface area (Å²) in [4.78, 5) is 2.48. The highest BCUT2D eigenvalue weighted by atomic mass is 16.5. The lowest BCUT2D eigenvalue weighted by atomic mass is 10.0. The fraction of sp³-hybridized carbons (Fsp3) is 0.625. The Labute approximate surface area is 116 Å². The molecule has 1 aromatic carbocycles. The summed E-state index contributed by atoms with van der Waals surface area (Å²) in [6, 6.07) is 8.67. The van der Waals surface area contributed by atoms with Crippen LogP contribution in [0, 0.1) is 6.92 Å². The van der Waals surface area contributed by atoms with Crippen LogP contribution in [0.4, 0.5) is 0 Å². The molecule has 1 heterocycles. The predicted octanol–water partition coefficient (Wildman–Crippen LogP) is 2.50. The molecule has 0 bridgehead atoms. The van der Waals surface area contributed by atoms with Crippen LogP contribution in [0.3, 0.4) is 0 Å². The summed E-state index contributed by atoms with van der Waals surface area (Å²) < 4.78 is 5.46. The second-order valence-corrected chi connectivity index (χ2v) is 5.61. The fourth-order valence-electron chi connectivity index (χ4n) is 2.80. The molecule has 0 aromatic heterocycles. The van der Waals surface area contributed by atoms with Crippen molar-refractivity contribution in [3.8, 4) is 0 Å². The highest BCUT2D eigenvalue weighted by Crippen LogP contribution is 2.18. The molecule has 3 heteroatoms. The summed E-state index contributed by atoms with van der Waals surface area (Å²) in [5.74, 6) is 0. The number of methoxy groups -OCH3 is 1. The molecule has 19 heavy (non-hydrogen) atoms. The van der Waals surface area contributed by atoms with Gasteiger partial charge >= 0.3 is 0 Å². The van der Waals surface area contributed by atoms with Crippen LogP contribution in [0.2, 0.25) is 0 Å².